The van der Waals surface area contributed by atoms with Crippen LogP contribution in [-0.2, 0) is 4.79 Å². The van der Waals surface area contributed by atoms with Crippen molar-refractivity contribution in [3.8, 4) is 0 Å². The largest absolute Gasteiger partial charge is 0.299 e. The lowest BCUT2D eigenvalue weighted by atomic mass is 10.1. The van der Waals surface area contributed by atoms with Crippen LogP contribution in [0.1, 0.15) is 10.4 Å². The number of nitrogens with zero attached hydrogens (tertiary/aromatic N) is 1. The summed E-state index contributed by atoms with van der Waals surface area (Å²) in [6, 6.07) is 1.72. The summed E-state index contributed by atoms with van der Waals surface area (Å²) in [4.78, 5) is 24.1. The Bertz CT molecular complexity index is 557. The van der Waals surface area contributed by atoms with Crippen LogP contribution in [0.25, 0.3) is 0 Å². The molecule has 6 heteroatoms. The Balaban J connectivity index is 2.48. The van der Waals surface area contributed by atoms with Gasteiger partial charge in [0.25, 0.3) is 11.7 Å². The van der Waals surface area contributed by atoms with Gasteiger partial charge in [-0.1, -0.05) is 12.2 Å². The number of halogens is 3. The zero-order valence-corrected chi connectivity index (χ0v) is 9.88. The van der Waals surface area contributed by atoms with Gasteiger partial charge in [0, 0.05) is 12.4 Å². The van der Waals surface area contributed by atoms with Gasteiger partial charge in [0.1, 0.15) is 11.6 Å². The van der Waals surface area contributed by atoms with E-state index in [1.165, 1.54) is 6.08 Å². The Hall–Kier alpha value is -1.75. The molecular weight excluding hydrogens is 264 g/mol. The second kappa shape index (κ2) is 4.86. The number of Topliss-reactive ketones (excluding diaryl/α,β-unsaturated/α-hetero) is 1. The Kier molecular flexibility index (Phi) is 3.43. The number of allylic oxidation sites excluding steroid dienone is 1. The summed E-state index contributed by atoms with van der Waals surface area (Å²) in [5, 5.41) is 0. The number of fused-ring (bicyclic) bond motifs is 1. The van der Waals surface area contributed by atoms with Crippen molar-refractivity contribution >= 4 is 29.0 Å². The van der Waals surface area contributed by atoms with Gasteiger partial charge in [0.2, 0.25) is 0 Å². The maximum atomic E-state index is 13.6. The van der Waals surface area contributed by atoms with Crippen molar-refractivity contribution in [3.63, 3.8) is 0 Å². The normalized spacial score (nSPS) is 14.7. The fourth-order valence-electron chi connectivity index (χ4n) is 1.77. The van der Waals surface area contributed by atoms with Gasteiger partial charge in [-0.3, -0.25) is 14.5 Å². The summed E-state index contributed by atoms with van der Waals surface area (Å²) in [5.74, 6) is -3.43. The third kappa shape index (κ3) is 1.90. The quantitative estimate of drug-likeness (QED) is 0.480. The molecule has 94 valence electrons. The highest BCUT2D eigenvalue weighted by molar-refractivity contribution is 6.52. The Labute approximate surface area is 107 Å². The molecule has 1 aromatic rings. The van der Waals surface area contributed by atoms with E-state index in [4.69, 9.17) is 11.6 Å². The van der Waals surface area contributed by atoms with Gasteiger partial charge in [-0.2, -0.15) is 0 Å². The van der Waals surface area contributed by atoms with E-state index >= 15 is 0 Å². The Morgan fingerprint density at radius 3 is 2.50 bits per heavy atom. The summed E-state index contributed by atoms with van der Waals surface area (Å²) in [5.41, 5.74) is -0.802. The van der Waals surface area contributed by atoms with Crippen LogP contribution in [0.5, 0.6) is 0 Å². The second-order valence-electron chi connectivity index (χ2n) is 3.62. The van der Waals surface area contributed by atoms with Gasteiger partial charge in [-0.05, 0) is 12.1 Å². The van der Waals surface area contributed by atoms with Crippen molar-refractivity contribution < 1.29 is 18.4 Å². The predicted molar refractivity (Wildman–Crippen MR) is 62.9 cm³/mol. The SMILES string of the molecule is O=C1C(=O)N(C/C=C/CCl)c2c(F)ccc(F)c21. The lowest BCUT2D eigenvalue weighted by molar-refractivity contribution is -0.114. The molecule has 0 aromatic heterocycles. The van der Waals surface area contributed by atoms with E-state index in [1.54, 1.807) is 6.08 Å². The Morgan fingerprint density at radius 1 is 1.17 bits per heavy atom. The highest BCUT2D eigenvalue weighted by Crippen LogP contribution is 2.33. The molecule has 0 spiro atoms. The molecule has 0 atom stereocenters. The van der Waals surface area contributed by atoms with Crippen molar-refractivity contribution in [3.05, 3.63) is 41.5 Å². The lowest BCUT2D eigenvalue weighted by Crippen LogP contribution is -2.30. The van der Waals surface area contributed by atoms with E-state index < -0.39 is 28.9 Å². The van der Waals surface area contributed by atoms with Crippen LogP contribution in [-0.4, -0.2) is 24.1 Å². The van der Waals surface area contributed by atoms with Crippen molar-refractivity contribution in [2.75, 3.05) is 17.3 Å². The maximum Gasteiger partial charge on any atom is 0.299 e. The molecule has 3 nitrogen and oxygen atoms in total. The van der Waals surface area contributed by atoms with Crippen LogP contribution in [0.2, 0.25) is 0 Å². The summed E-state index contributed by atoms with van der Waals surface area (Å²) in [6.45, 7) is -0.0231. The van der Waals surface area contributed by atoms with Crippen molar-refractivity contribution in [2.24, 2.45) is 0 Å². The van der Waals surface area contributed by atoms with E-state index in [0.717, 1.165) is 17.0 Å². The molecule has 0 fully saturated rings. The minimum absolute atomic E-state index is 0.0231. The molecule has 0 saturated carbocycles. The number of rotatable bonds is 3. The van der Waals surface area contributed by atoms with Crippen molar-refractivity contribution in [1.82, 2.24) is 0 Å². The highest BCUT2D eigenvalue weighted by Gasteiger charge is 2.39. The van der Waals surface area contributed by atoms with Crippen LogP contribution in [0, 0.1) is 11.6 Å². The molecule has 1 aliphatic heterocycles. The number of hydrogen-bond acceptors (Lipinski definition) is 2. The second-order valence-corrected chi connectivity index (χ2v) is 3.93. The molecule has 1 heterocycles. The zero-order chi connectivity index (χ0) is 13.3. The smallest absolute Gasteiger partial charge is 0.298 e. The number of ketones is 1. The molecule has 2 rings (SSSR count). The third-order valence-corrected chi connectivity index (χ3v) is 2.74. The third-order valence-electron chi connectivity index (χ3n) is 2.56. The van der Waals surface area contributed by atoms with E-state index in [2.05, 4.69) is 0 Å². The first-order valence-corrected chi connectivity index (χ1v) is 5.66. The van der Waals surface area contributed by atoms with Gasteiger partial charge in [0.15, 0.2) is 0 Å². The van der Waals surface area contributed by atoms with Crippen LogP contribution in [0.4, 0.5) is 14.5 Å². The Morgan fingerprint density at radius 2 is 1.83 bits per heavy atom. The molecule has 1 aromatic carbocycles. The average Bonchev–Trinajstić information content (AvgIpc) is 2.60. The number of alkyl halides is 1. The molecule has 0 aliphatic carbocycles. The first kappa shape index (κ1) is 12.7. The van der Waals surface area contributed by atoms with Crippen LogP contribution in [0.15, 0.2) is 24.3 Å². The number of carbonyl (C=O) groups excluding carboxylic acids is 2. The van der Waals surface area contributed by atoms with Gasteiger partial charge in [0.05, 0.1) is 11.3 Å². The fraction of sp³-hybridized carbons (Fsp3) is 0.167. The molecule has 18 heavy (non-hydrogen) atoms. The van der Waals surface area contributed by atoms with Crippen molar-refractivity contribution in [1.29, 1.82) is 0 Å². The monoisotopic (exact) mass is 271 g/mol. The van der Waals surface area contributed by atoms with Crippen molar-refractivity contribution in [2.45, 2.75) is 0 Å². The van der Waals surface area contributed by atoms with E-state index in [0.29, 0.717) is 0 Å². The number of carbonyl (C=O) groups is 2. The zero-order valence-electron chi connectivity index (χ0n) is 9.12. The molecule has 0 bridgehead atoms. The molecule has 0 N–H and O–H groups in total. The average molecular weight is 272 g/mol. The van der Waals surface area contributed by atoms with E-state index in [-0.39, 0.29) is 18.1 Å². The molecule has 1 amide bonds. The number of hydrogen-bond donors (Lipinski definition) is 0. The minimum Gasteiger partial charge on any atom is -0.298 e. The summed E-state index contributed by atoms with van der Waals surface area (Å²) in [7, 11) is 0. The van der Waals surface area contributed by atoms with Gasteiger partial charge >= 0.3 is 0 Å². The topological polar surface area (TPSA) is 37.4 Å². The lowest BCUT2D eigenvalue weighted by Gasteiger charge is -2.14. The van der Waals surface area contributed by atoms with Crippen LogP contribution < -0.4 is 4.90 Å². The first-order valence-electron chi connectivity index (χ1n) is 5.13. The van der Waals surface area contributed by atoms with Crippen LogP contribution >= 0.6 is 11.6 Å². The number of benzene rings is 1. The summed E-state index contributed by atoms with van der Waals surface area (Å²) >= 11 is 5.42. The van der Waals surface area contributed by atoms with E-state index in [1.807, 2.05) is 0 Å². The van der Waals surface area contributed by atoms with Gasteiger partial charge < -0.3 is 0 Å². The van der Waals surface area contributed by atoms with Crippen LogP contribution in [0.3, 0.4) is 0 Å². The summed E-state index contributed by atoms with van der Waals surface area (Å²) < 4.78 is 27.1. The molecule has 0 saturated heterocycles. The predicted octanol–water partition coefficient (Wildman–Crippen LogP) is 2.29. The van der Waals surface area contributed by atoms with Gasteiger partial charge in [-0.15, -0.1) is 11.6 Å². The minimum atomic E-state index is -1.03. The molecule has 0 unspecified atom stereocenters. The highest BCUT2D eigenvalue weighted by atomic mass is 35.5. The molecular formula is C12H8ClF2NO2. The maximum absolute atomic E-state index is 13.6. The summed E-state index contributed by atoms with van der Waals surface area (Å²) in [6.07, 6.45) is 3.06. The number of amides is 1. The number of anilines is 1. The molecule has 0 radical (unpaired) electrons. The fourth-order valence-corrected chi connectivity index (χ4v) is 1.90. The van der Waals surface area contributed by atoms with Gasteiger partial charge in [-0.25, -0.2) is 8.78 Å². The first-order chi connectivity index (χ1) is 8.57. The van der Waals surface area contributed by atoms with E-state index in [9.17, 15) is 18.4 Å². The molecule has 1 aliphatic rings. The standard InChI is InChI=1S/C12H8ClF2NO2/c13-5-1-2-6-16-10-8(15)4-3-7(14)9(10)11(17)12(16)18/h1-4H,5-6H2/b2-1+.